The van der Waals surface area contributed by atoms with Crippen molar-refractivity contribution in [2.45, 2.75) is 63.8 Å². The van der Waals surface area contributed by atoms with Crippen LogP contribution in [-0.4, -0.2) is 58.7 Å². The Bertz CT molecular complexity index is 869. The molecule has 0 N–H and O–H groups in total. The van der Waals surface area contributed by atoms with Crippen LogP contribution in [0, 0.1) is 0 Å². The Labute approximate surface area is 181 Å². The Morgan fingerprint density at radius 2 is 1.97 bits per heavy atom. The van der Waals surface area contributed by atoms with Gasteiger partial charge < -0.3 is 14.4 Å². The van der Waals surface area contributed by atoms with Gasteiger partial charge in [0.25, 0.3) is 5.91 Å². The number of carbonyl (C=O) groups is 2. The highest BCUT2D eigenvalue weighted by atomic mass is 35.5. The van der Waals surface area contributed by atoms with Crippen LogP contribution in [0.4, 0.5) is 4.79 Å². The second kappa shape index (κ2) is 7.03. The molecule has 2 amide bonds. The molecule has 1 aromatic rings. The van der Waals surface area contributed by atoms with E-state index in [4.69, 9.17) is 32.7 Å². The third kappa shape index (κ3) is 3.60. The number of fused-ring (bicyclic) bond motifs is 3. The number of rotatable bonds is 1. The molecule has 29 heavy (non-hydrogen) atoms. The molecule has 2 bridgehead atoms. The van der Waals surface area contributed by atoms with Crippen LogP contribution in [0.3, 0.4) is 0 Å². The summed E-state index contributed by atoms with van der Waals surface area (Å²) < 4.78 is 11.5. The first-order valence-electron chi connectivity index (χ1n) is 9.93. The molecule has 3 aliphatic rings. The third-order valence-electron chi connectivity index (χ3n) is 5.95. The fourth-order valence-corrected chi connectivity index (χ4v) is 5.36. The van der Waals surface area contributed by atoms with Crippen LogP contribution in [0.15, 0.2) is 12.1 Å². The molecule has 3 atom stereocenters. The van der Waals surface area contributed by atoms with Crippen molar-refractivity contribution in [3.8, 4) is 0 Å². The van der Waals surface area contributed by atoms with E-state index < -0.39 is 17.3 Å². The van der Waals surface area contributed by atoms with E-state index in [2.05, 4.69) is 0 Å². The first kappa shape index (κ1) is 20.8. The fourth-order valence-electron chi connectivity index (χ4n) is 4.66. The monoisotopic (exact) mass is 440 g/mol. The van der Waals surface area contributed by atoms with Gasteiger partial charge in [0.1, 0.15) is 5.60 Å². The van der Waals surface area contributed by atoms with Gasteiger partial charge in [0.05, 0.1) is 25.2 Å². The maximum atomic E-state index is 13.6. The number of morpholine rings is 1. The molecular weight excluding hydrogens is 415 g/mol. The first-order valence-corrected chi connectivity index (χ1v) is 10.7. The van der Waals surface area contributed by atoms with Crippen LogP contribution in [0.5, 0.6) is 0 Å². The number of benzene rings is 1. The van der Waals surface area contributed by atoms with Crippen molar-refractivity contribution in [2.75, 3.05) is 19.7 Å². The van der Waals surface area contributed by atoms with Crippen molar-refractivity contribution in [3.05, 3.63) is 33.3 Å². The SMILES string of the molecule is C[C@H]1c2c(Cl)cc(Cl)cc2CCN1C(=O)[C@@]12C[C@@H](CO1)N(C(=O)OC(C)(C)C)C2. The zero-order chi connectivity index (χ0) is 21.1. The normalized spacial score (nSPS) is 28.5. The van der Waals surface area contributed by atoms with Gasteiger partial charge in [-0.3, -0.25) is 9.69 Å². The molecule has 0 aromatic heterocycles. The van der Waals surface area contributed by atoms with Crippen LogP contribution >= 0.6 is 23.2 Å². The quantitative estimate of drug-likeness (QED) is 0.655. The van der Waals surface area contributed by atoms with Crippen molar-refractivity contribution < 1.29 is 19.1 Å². The molecule has 0 radical (unpaired) electrons. The Kier molecular flexibility index (Phi) is 5.03. The van der Waals surface area contributed by atoms with Crippen LogP contribution < -0.4 is 0 Å². The predicted octanol–water partition coefficient (Wildman–Crippen LogP) is 4.22. The lowest BCUT2D eigenvalue weighted by Gasteiger charge is -2.41. The van der Waals surface area contributed by atoms with Gasteiger partial charge in [0.2, 0.25) is 0 Å². The van der Waals surface area contributed by atoms with E-state index in [0.29, 0.717) is 36.0 Å². The number of amides is 2. The Morgan fingerprint density at radius 3 is 2.66 bits per heavy atom. The minimum absolute atomic E-state index is 0.0878. The van der Waals surface area contributed by atoms with E-state index >= 15 is 0 Å². The second-order valence-corrected chi connectivity index (χ2v) is 10.0. The average Bonchev–Trinajstić information content (AvgIpc) is 3.19. The Balaban J connectivity index is 1.55. The van der Waals surface area contributed by atoms with Crippen LogP contribution in [-0.2, 0) is 20.7 Å². The highest BCUT2D eigenvalue weighted by Gasteiger charge is 2.59. The molecule has 2 fully saturated rings. The van der Waals surface area contributed by atoms with Crippen molar-refractivity contribution in [3.63, 3.8) is 0 Å². The Morgan fingerprint density at radius 1 is 1.24 bits per heavy atom. The summed E-state index contributed by atoms with van der Waals surface area (Å²) in [6, 6.07) is 3.31. The van der Waals surface area contributed by atoms with Crippen molar-refractivity contribution in [1.82, 2.24) is 9.80 Å². The molecule has 1 aromatic carbocycles. The Hall–Kier alpha value is -1.50. The van der Waals surface area contributed by atoms with Crippen molar-refractivity contribution >= 4 is 35.2 Å². The number of nitrogens with zero attached hydrogens (tertiary/aromatic N) is 2. The van der Waals surface area contributed by atoms with E-state index in [9.17, 15) is 9.59 Å². The zero-order valence-corrected chi connectivity index (χ0v) is 18.6. The average molecular weight is 441 g/mol. The molecule has 4 rings (SSSR count). The van der Waals surface area contributed by atoms with Crippen LogP contribution in [0.25, 0.3) is 0 Å². The number of halogens is 2. The van der Waals surface area contributed by atoms with E-state index in [1.807, 2.05) is 38.7 Å². The van der Waals surface area contributed by atoms with Gasteiger partial charge in [0, 0.05) is 23.0 Å². The molecular formula is C21H26Cl2N2O4. The highest BCUT2D eigenvalue weighted by molar-refractivity contribution is 6.35. The van der Waals surface area contributed by atoms with Crippen LogP contribution in [0.1, 0.15) is 51.3 Å². The number of likely N-dealkylation sites (tertiary alicyclic amines) is 1. The van der Waals surface area contributed by atoms with Gasteiger partial charge >= 0.3 is 6.09 Å². The second-order valence-electron chi connectivity index (χ2n) is 9.16. The number of hydrogen-bond acceptors (Lipinski definition) is 4. The van der Waals surface area contributed by atoms with E-state index in [1.165, 1.54) is 0 Å². The van der Waals surface area contributed by atoms with E-state index in [1.54, 1.807) is 11.0 Å². The van der Waals surface area contributed by atoms with Crippen molar-refractivity contribution in [2.24, 2.45) is 0 Å². The van der Waals surface area contributed by atoms with Gasteiger partial charge in [-0.25, -0.2) is 4.79 Å². The molecule has 0 aliphatic carbocycles. The molecule has 0 saturated carbocycles. The van der Waals surface area contributed by atoms with Gasteiger partial charge in [0.15, 0.2) is 5.60 Å². The minimum Gasteiger partial charge on any atom is -0.444 e. The highest BCUT2D eigenvalue weighted by Crippen LogP contribution is 2.43. The van der Waals surface area contributed by atoms with E-state index in [0.717, 1.165) is 11.1 Å². The minimum atomic E-state index is -1.01. The number of carbonyl (C=O) groups excluding carboxylic acids is 2. The summed E-state index contributed by atoms with van der Waals surface area (Å²) in [5.74, 6) is -0.0878. The lowest BCUT2D eigenvalue weighted by Crippen LogP contribution is -2.56. The predicted molar refractivity (Wildman–Crippen MR) is 110 cm³/mol. The zero-order valence-electron chi connectivity index (χ0n) is 17.1. The van der Waals surface area contributed by atoms with Gasteiger partial charge in [-0.2, -0.15) is 0 Å². The van der Waals surface area contributed by atoms with E-state index in [-0.39, 0.29) is 24.5 Å². The summed E-state index contributed by atoms with van der Waals surface area (Å²) >= 11 is 12.6. The van der Waals surface area contributed by atoms with Gasteiger partial charge in [-0.05, 0) is 57.4 Å². The summed E-state index contributed by atoms with van der Waals surface area (Å²) in [7, 11) is 0. The summed E-state index contributed by atoms with van der Waals surface area (Å²) in [6.45, 7) is 8.60. The first-order chi connectivity index (χ1) is 13.5. The number of hydrogen-bond donors (Lipinski definition) is 0. The van der Waals surface area contributed by atoms with Gasteiger partial charge in [-0.15, -0.1) is 0 Å². The lowest BCUT2D eigenvalue weighted by atomic mass is 9.91. The summed E-state index contributed by atoms with van der Waals surface area (Å²) in [5, 5.41) is 1.17. The molecule has 0 unspecified atom stereocenters. The topological polar surface area (TPSA) is 59.1 Å². The molecule has 3 aliphatic heterocycles. The summed E-state index contributed by atoms with van der Waals surface area (Å²) in [5.41, 5.74) is 0.416. The fraction of sp³-hybridized carbons (Fsp3) is 0.619. The largest absolute Gasteiger partial charge is 0.444 e. The molecule has 6 nitrogen and oxygen atoms in total. The molecule has 0 spiro atoms. The standard InChI is InChI=1S/C21H26Cl2N2O4/c1-12-17-13(7-14(22)8-16(17)23)5-6-24(12)18(26)21-9-15(10-28-21)25(11-21)19(27)29-20(2,3)4/h7-8,12,15H,5-6,9-11H2,1-4H3/t12-,15-,21-/m0/s1. The smallest absolute Gasteiger partial charge is 0.410 e. The summed E-state index contributed by atoms with van der Waals surface area (Å²) in [4.78, 5) is 29.6. The van der Waals surface area contributed by atoms with Crippen LogP contribution in [0.2, 0.25) is 10.0 Å². The number of ether oxygens (including phenoxy) is 2. The van der Waals surface area contributed by atoms with Crippen molar-refractivity contribution in [1.29, 1.82) is 0 Å². The molecule has 3 heterocycles. The molecule has 158 valence electrons. The maximum Gasteiger partial charge on any atom is 0.410 e. The van der Waals surface area contributed by atoms with Gasteiger partial charge in [-0.1, -0.05) is 23.2 Å². The summed E-state index contributed by atoms with van der Waals surface area (Å²) in [6.07, 6.45) is 0.784. The maximum absolute atomic E-state index is 13.6. The lowest BCUT2D eigenvalue weighted by molar-refractivity contribution is -0.158. The molecule has 2 saturated heterocycles. The molecule has 8 heteroatoms. The third-order valence-corrected chi connectivity index (χ3v) is 6.48.